The number of rotatable bonds is 5. The molecular weight excluding hydrogens is 392 g/mol. The van der Waals surface area contributed by atoms with Gasteiger partial charge >= 0.3 is 0 Å². The molecule has 0 aliphatic carbocycles. The lowest BCUT2D eigenvalue weighted by atomic mass is 10.3. The summed E-state index contributed by atoms with van der Waals surface area (Å²) in [5.41, 5.74) is 0.330. The van der Waals surface area contributed by atoms with Crippen molar-refractivity contribution >= 4 is 27.7 Å². The van der Waals surface area contributed by atoms with Crippen molar-refractivity contribution in [1.82, 2.24) is 14.4 Å². The van der Waals surface area contributed by atoms with Gasteiger partial charge in [0.15, 0.2) is 12.0 Å². The van der Waals surface area contributed by atoms with Crippen molar-refractivity contribution in [2.24, 2.45) is 0 Å². The molecule has 1 fully saturated rings. The maximum absolute atomic E-state index is 12.8. The minimum absolute atomic E-state index is 0.0990. The number of aryl methyl sites for hydroxylation is 2. The van der Waals surface area contributed by atoms with Crippen molar-refractivity contribution in [1.29, 1.82) is 0 Å². The smallest absolute Gasteiger partial charge is 0.251 e. The Morgan fingerprint density at radius 2 is 2.00 bits per heavy atom. The Balaban J connectivity index is 1.58. The van der Waals surface area contributed by atoms with E-state index in [1.807, 2.05) is 0 Å². The van der Waals surface area contributed by atoms with Gasteiger partial charge in [0.1, 0.15) is 10.6 Å². The van der Waals surface area contributed by atoms with Crippen LogP contribution in [-0.4, -0.2) is 60.6 Å². The summed E-state index contributed by atoms with van der Waals surface area (Å²) in [5.74, 6) is 0.262. The Morgan fingerprint density at radius 1 is 1.30 bits per heavy atom. The fourth-order valence-electron chi connectivity index (χ4n) is 2.90. The zero-order chi connectivity index (χ0) is 19.6. The second-order valence-electron chi connectivity index (χ2n) is 6.09. The van der Waals surface area contributed by atoms with Gasteiger partial charge in [0.25, 0.3) is 5.03 Å². The average Bonchev–Trinajstić information content (AvgIpc) is 3.00. The molecule has 1 saturated heterocycles. The van der Waals surface area contributed by atoms with E-state index in [4.69, 9.17) is 4.52 Å². The number of sulfonamides is 1. The first-order valence-corrected chi connectivity index (χ1v) is 10.7. The molecule has 3 rings (SSSR count). The number of nitrogens with zero attached hydrogens (tertiary/aromatic N) is 4. The van der Waals surface area contributed by atoms with E-state index >= 15 is 0 Å². The highest BCUT2D eigenvalue weighted by Gasteiger charge is 2.34. The predicted molar refractivity (Wildman–Crippen MR) is 97.4 cm³/mol. The third-order valence-corrected chi connectivity index (χ3v) is 7.44. The van der Waals surface area contributed by atoms with E-state index in [0.717, 1.165) is 11.8 Å². The molecule has 146 valence electrons. The number of piperazine rings is 1. The first-order chi connectivity index (χ1) is 12.8. The van der Waals surface area contributed by atoms with Crippen LogP contribution in [0.25, 0.3) is 0 Å². The van der Waals surface area contributed by atoms with E-state index in [0.29, 0.717) is 28.5 Å². The first-order valence-electron chi connectivity index (χ1n) is 8.32. The number of pyridine rings is 1. The normalized spacial score (nSPS) is 15.9. The third kappa shape index (κ3) is 4.09. The number of hydrogen-bond acceptors (Lipinski definition) is 7. The molecule has 0 bridgehead atoms. The lowest BCUT2D eigenvalue weighted by Gasteiger charge is -2.33. The van der Waals surface area contributed by atoms with Crippen LogP contribution in [0.5, 0.6) is 0 Å². The number of aromatic nitrogens is 2. The number of carbonyl (C=O) groups is 1. The van der Waals surface area contributed by atoms with E-state index < -0.39 is 10.0 Å². The summed E-state index contributed by atoms with van der Waals surface area (Å²) in [6.45, 7) is 4.16. The van der Waals surface area contributed by atoms with Crippen LogP contribution in [0.1, 0.15) is 11.5 Å². The fourth-order valence-corrected chi connectivity index (χ4v) is 5.43. The number of hydrogen-bond donors (Lipinski definition) is 0. The molecule has 0 atom stereocenters. The number of thioether (sulfide) groups is 1. The summed E-state index contributed by atoms with van der Waals surface area (Å²) >= 11 is 1.16. The van der Waals surface area contributed by atoms with Crippen molar-refractivity contribution in [2.75, 3.05) is 31.9 Å². The van der Waals surface area contributed by atoms with Gasteiger partial charge in [-0.1, -0.05) is 5.16 Å². The second-order valence-corrected chi connectivity index (χ2v) is 8.96. The zero-order valence-corrected chi connectivity index (χ0v) is 16.6. The lowest BCUT2D eigenvalue weighted by Crippen LogP contribution is -2.51. The standard InChI is InChI=1S/C16H20N4O5S2/c1-12-16(13(2)25-17-12)27(23,24)19-9-7-18(8-10-19)14(21)11-26-15-5-3-4-6-20(15)22/h3-6H,7-11H2,1-2H3. The van der Waals surface area contributed by atoms with Crippen molar-refractivity contribution in [3.05, 3.63) is 41.1 Å². The molecule has 9 nitrogen and oxygen atoms in total. The average molecular weight is 412 g/mol. The maximum Gasteiger partial charge on any atom is 0.251 e. The highest BCUT2D eigenvalue weighted by atomic mass is 32.2. The van der Waals surface area contributed by atoms with Gasteiger partial charge in [-0.2, -0.15) is 9.04 Å². The molecule has 0 saturated carbocycles. The molecule has 1 aliphatic rings. The van der Waals surface area contributed by atoms with Gasteiger partial charge in [-0.3, -0.25) is 4.79 Å². The van der Waals surface area contributed by atoms with Crippen LogP contribution in [0.15, 0.2) is 38.8 Å². The van der Waals surface area contributed by atoms with Crippen LogP contribution in [0.4, 0.5) is 0 Å². The molecule has 0 N–H and O–H groups in total. The molecule has 11 heteroatoms. The molecular formula is C16H20N4O5S2. The highest BCUT2D eigenvalue weighted by molar-refractivity contribution is 7.99. The summed E-state index contributed by atoms with van der Waals surface area (Å²) in [6.07, 6.45) is 1.38. The fraction of sp³-hybridized carbons (Fsp3) is 0.438. The molecule has 27 heavy (non-hydrogen) atoms. The van der Waals surface area contributed by atoms with Gasteiger partial charge in [0.05, 0.1) is 5.75 Å². The quantitative estimate of drug-likeness (QED) is 0.401. The molecule has 1 amide bonds. The van der Waals surface area contributed by atoms with Crippen molar-refractivity contribution in [2.45, 2.75) is 23.8 Å². The molecule has 0 aromatic carbocycles. The Labute approximate surface area is 161 Å². The molecule has 2 aromatic heterocycles. The Morgan fingerprint density at radius 3 is 2.59 bits per heavy atom. The summed E-state index contributed by atoms with van der Waals surface area (Å²) in [4.78, 5) is 14.1. The molecule has 2 aromatic rings. The van der Waals surface area contributed by atoms with Crippen LogP contribution in [0.2, 0.25) is 0 Å². The van der Waals surface area contributed by atoms with Crippen molar-refractivity contribution in [3.8, 4) is 0 Å². The summed E-state index contributed by atoms with van der Waals surface area (Å²) < 4.78 is 32.6. The van der Waals surface area contributed by atoms with Gasteiger partial charge < -0.3 is 14.6 Å². The van der Waals surface area contributed by atoms with Gasteiger partial charge in [0.2, 0.25) is 15.9 Å². The van der Waals surface area contributed by atoms with E-state index in [2.05, 4.69) is 5.16 Å². The Kier molecular flexibility index (Phi) is 5.72. The minimum atomic E-state index is -3.70. The molecule has 0 spiro atoms. The third-order valence-electron chi connectivity index (χ3n) is 4.29. The van der Waals surface area contributed by atoms with Gasteiger partial charge in [-0.25, -0.2) is 8.42 Å². The highest BCUT2D eigenvalue weighted by Crippen LogP contribution is 2.24. The topological polar surface area (TPSA) is 111 Å². The number of amides is 1. The van der Waals surface area contributed by atoms with Crippen LogP contribution < -0.4 is 4.73 Å². The molecule has 0 unspecified atom stereocenters. The van der Waals surface area contributed by atoms with Crippen LogP contribution >= 0.6 is 11.8 Å². The molecule has 3 heterocycles. The summed E-state index contributed by atoms with van der Waals surface area (Å²) in [5, 5.41) is 15.8. The van der Waals surface area contributed by atoms with Crippen molar-refractivity contribution in [3.63, 3.8) is 0 Å². The van der Waals surface area contributed by atoms with E-state index in [1.54, 1.807) is 36.9 Å². The van der Waals surface area contributed by atoms with Crippen LogP contribution in [0.3, 0.4) is 0 Å². The second kappa shape index (κ2) is 7.87. The first kappa shape index (κ1) is 19.6. The monoisotopic (exact) mass is 412 g/mol. The zero-order valence-electron chi connectivity index (χ0n) is 15.0. The largest absolute Gasteiger partial charge is 0.618 e. The Bertz CT molecular complexity index is 917. The lowest BCUT2D eigenvalue weighted by molar-refractivity contribution is -0.645. The Hall–Kier alpha value is -2.11. The van der Waals surface area contributed by atoms with E-state index in [-0.39, 0.29) is 35.4 Å². The summed E-state index contributed by atoms with van der Waals surface area (Å²) in [7, 11) is -3.70. The van der Waals surface area contributed by atoms with Gasteiger partial charge in [-0.15, -0.1) is 0 Å². The maximum atomic E-state index is 12.8. The SMILES string of the molecule is Cc1noc(C)c1S(=O)(=O)N1CCN(C(=O)CSc2cccc[n+]2[O-])CC1. The summed E-state index contributed by atoms with van der Waals surface area (Å²) in [6, 6.07) is 5.01. The van der Waals surface area contributed by atoms with Crippen LogP contribution in [-0.2, 0) is 14.8 Å². The number of carbonyl (C=O) groups excluding carboxylic acids is 1. The van der Waals surface area contributed by atoms with Crippen LogP contribution in [0, 0.1) is 19.1 Å². The molecule has 0 radical (unpaired) electrons. The van der Waals surface area contributed by atoms with E-state index in [9.17, 15) is 18.4 Å². The van der Waals surface area contributed by atoms with E-state index in [1.165, 1.54) is 10.5 Å². The van der Waals surface area contributed by atoms with Crippen molar-refractivity contribution < 1.29 is 22.5 Å². The van der Waals surface area contributed by atoms with Gasteiger partial charge in [-0.05, 0) is 31.7 Å². The van der Waals surface area contributed by atoms with Gasteiger partial charge in [0, 0.05) is 38.3 Å². The predicted octanol–water partition coefficient (Wildman–Crippen LogP) is 0.550. The molecule has 1 aliphatic heterocycles. The minimum Gasteiger partial charge on any atom is -0.618 e.